The Morgan fingerprint density at radius 1 is 1.04 bits per heavy atom. The molecule has 0 radical (unpaired) electrons. The van der Waals surface area contributed by atoms with Crippen LogP contribution in [0.1, 0.15) is 18.1 Å². The van der Waals surface area contributed by atoms with E-state index in [2.05, 4.69) is 6.58 Å². The Bertz CT molecular complexity index is 928. The van der Waals surface area contributed by atoms with Crippen molar-refractivity contribution in [2.24, 2.45) is 0 Å². The summed E-state index contributed by atoms with van der Waals surface area (Å²) in [5.74, 6) is -1.31. The van der Waals surface area contributed by atoms with Crippen LogP contribution in [0.25, 0.3) is 5.57 Å². The number of hydrogen-bond acceptors (Lipinski definition) is 4. The highest BCUT2D eigenvalue weighted by atomic mass is 16.5. The van der Waals surface area contributed by atoms with Crippen LogP contribution in [-0.4, -0.2) is 17.8 Å². The minimum absolute atomic E-state index is 0.00792. The predicted octanol–water partition coefficient (Wildman–Crippen LogP) is 3.26. The third-order valence-electron chi connectivity index (χ3n) is 3.95. The van der Waals surface area contributed by atoms with Gasteiger partial charge in [0, 0.05) is 11.6 Å². The summed E-state index contributed by atoms with van der Waals surface area (Å²) in [6.07, 6.45) is 1.31. The number of rotatable bonds is 5. The van der Waals surface area contributed by atoms with Crippen LogP contribution in [0, 0.1) is 0 Å². The summed E-state index contributed by atoms with van der Waals surface area (Å²) in [5, 5.41) is 0. The third-order valence-corrected chi connectivity index (χ3v) is 3.95. The zero-order valence-corrected chi connectivity index (χ0v) is 14.3. The van der Waals surface area contributed by atoms with Gasteiger partial charge >= 0.3 is 5.97 Å². The Hall–Kier alpha value is -3.47. The first kappa shape index (κ1) is 17.4. The molecule has 0 unspecified atom stereocenters. The van der Waals surface area contributed by atoms with E-state index in [1.165, 1.54) is 6.08 Å². The molecular formula is C21H17NO4. The highest BCUT2D eigenvalue weighted by molar-refractivity contribution is 6.43. The summed E-state index contributed by atoms with van der Waals surface area (Å²) in [5.41, 5.74) is 2.30. The van der Waals surface area contributed by atoms with Crippen LogP contribution in [-0.2, 0) is 25.7 Å². The molecule has 130 valence electrons. The van der Waals surface area contributed by atoms with E-state index in [-0.39, 0.29) is 12.2 Å². The number of benzene rings is 2. The number of nitrogens with zero attached hydrogens (tertiary/aromatic N) is 1. The molecule has 0 saturated carbocycles. The Morgan fingerprint density at radius 2 is 1.69 bits per heavy atom. The lowest BCUT2D eigenvalue weighted by atomic mass is 10.00. The molecule has 26 heavy (non-hydrogen) atoms. The average Bonchev–Trinajstić information content (AvgIpc) is 2.94. The van der Waals surface area contributed by atoms with E-state index in [0.29, 0.717) is 22.4 Å². The molecule has 5 heteroatoms. The third kappa shape index (κ3) is 3.32. The summed E-state index contributed by atoms with van der Waals surface area (Å²) in [6.45, 7) is 5.10. The molecule has 0 saturated heterocycles. The minimum atomic E-state index is -0.506. The van der Waals surface area contributed by atoms with Gasteiger partial charge in [-0.05, 0) is 30.2 Å². The van der Waals surface area contributed by atoms with E-state index in [1.54, 1.807) is 55.5 Å². The quantitative estimate of drug-likeness (QED) is 0.473. The van der Waals surface area contributed by atoms with Crippen molar-refractivity contribution < 1.29 is 19.1 Å². The molecule has 0 spiro atoms. The summed E-state index contributed by atoms with van der Waals surface area (Å²) in [4.78, 5) is 38.0. The topological polar surface area (TPSA) is 63.7 Å². The number of ether oxygens (including phenoxy) is 1. The van der Waals surface area contributed by atoms with E-state index in [0.717, 1.165) is 4.90 Å². The minimum Gasteiger partial charge on any atom is -0.457 e. The molecule has 2 aromatic rings. The summed E-state index contributed by atoms with van der Waals surface area (Å²) >= 11 is 0. The highest BCUT2D eigenvalue weighted by Gasteiger charge is 2.33. The van der Waals surface area contributed by atoms with Crippen molar-refractivity contribution in [3.63, 3.8) is 0 Å². The summed E-state index contributed by atoms with van der Waals surface area (Å²) < 4.78 is 5.19. The van der Waals surface area contributed by atoms with Crippen LogP contribution in [0.15, 0.2) is 72.8 Å². The maximum Gasteiger partial charge on any atom is 0.333 e. The highest BCUT2D eigenvalue weighted by Crippen LogP contribution is 2.30. The fourth-order valence-electron chi connectivity index (χ4n) is 2.66. The first-order chi connectivity index (χ1) is 12.5. The van der Waals surface area contributed by atoms with Crippen molar-refractivity contribution >= 4 is 29.0 Å². The van der Waals surface area contributed by atoms with Gasteiger partial charge in [-0.3, -0.25) is 9.59 Å². The molecule has 2 aromatic carbocycles. The Morgan fingerprint density at radius 3 is 2.38 bits per heavy atom. The van der Waals surface area contributed by atoms with Crippen LogP contribution in [0.4, 0.5) is 5.69 Å². The second-order valence-corrected chi connectivity index (χ2v) is 5.89. The number of amides is 2. The lowest BCUT2D eigenvalue weighted by Gasteiger charge is -2.16. The van der Waals surface area contributed by atoms with Gasteiger partial charge in [-0.2, -0.15) is 0 Å². The van der Waals surface area contributed by atoms with Crippen LogP contribution in [0.5, 0.6) is 0 Å². The zero-order chi connectivity index (χ0) is 18.7. The van der Waals surface area contributed by atoms with Crippen LogP contribution in [0.3, 0.4) is 0 Å². The van der Waals surface area contributed by atoms with Crippen LogP contribution < -0.4 is 4.90 Å². The maximum atomic E-state index is 12.8. The first-order valence-corrected chi connectivity index (χ1v) is 8.05. The largest absolute Gasteiger partial charge is 0.457 e. The van der Waals surface area contributed by atoms with Gasteiger partial charge < -0.3 is 4.74 Å². The normalized spacial score (nSPS) is 13.6. The molecule has 1 aliphatic rings. The SMILES string of the molecule is C=C(C)C(=O)OCc1ccccc1C1=CC(=O)N(c2ccccc2)C1=O. The summed E-state index contributed by atoms with van der Waals surface area (Å²) in [6, 6.07) is 15.8. The number of hydrogen-bond donors (Lipinski definition) is 0. The number of imide groups is 1. The maximum absolute atomic E-state index is 12.8. The number of carbonyl (C=O) groups excluding carboxylic acids is 3. The fraction of sp³-hybridized carbons (Fsp3) is 0.0952. The van der Waals surface area contributed by atoms with E-state index < -0.39 is 17.8 Å². The molecule has 0 aliphatic carbocycles. The Kier molecular flexibility index (Phi) is 4.80. The molecule has 0 bridgehead atoms. The summed E-state index contributed by atoms with van der Waals surface area (Å²) in [7, 11) is 0. The fourth-order valence-corrected chi connectivity index (χ4v) is 2.66. The number of anilines is 1. The smallest absolute Gasteiger partial charge is 0.333 e. The Balaban J connectivity index is 1.89. The van der Waals surface area contributed by atoms with Gasteiger partial charge in [-0.1, -0.05) is 49.0 Å². The molecule has 3 rings (SSSR count). The van der Waals surface area contributed by atoms with E-state index in [1.807, 2.05) is 6.07 Å². The van der Waals surface area contributed by atoms with Crippen molar-refractivity contribution in [3.05, 3.63) is 84.0 Å². The molecule has 5 nitrogen and oxygen atoms in total. The van der Waals surface area contributed by atoms with Crippen molar-refractivity contribution in [3.8, 4) is 0 Å². The lowest BCUT2D eigenvalue weighted by Crippen LogP contribution is -2.30. The van der Waals surface area contributed by atoms with E-state index >= 15 is 0 Å². The van der Waals surface area contributed by atoms with Crippen molar-refractivity contribution in [1.82, 2.24) is 0 Å². The van der Waals surface area contributed by atoms with Gasteiger partial charge in [0.2, 0.25) is 0 Å². The van der Waals surface area contributed by atoms with Gasteiger partial charge in [0.05, 0.1) is 11.3 Å². The van der Waals surface area contributed by atoms with E-state index in [9.17, 15) is 14.4 Å². The van der Waals surface area contributed by atoms with Crippen molar-refractivity contribution in [1.29, 1.82) is 0 Å². The first-order valence-electron chi connectivity index (χ1n) is 8.05. The molecule has 1 aliphatic heterocycles. The molecule has 0 fully saturated rings. The standard InChI is InChI=1S/C21H17NO4/c1-14(2)21(25)26-13-15-8-6-7-11-17(15)18-12-19(23)22(20(18)24)16-9-4-3-5-10-16/h3-12H,1,13H2,2H3. The molecule has 0 N–H and O–H groups in total. The second kappa shape index (κ2) is 7.19. The molecule has 1 heterocycles. The predicted molar refractivity (Wildman–Crippen MR) is 98.0 cm³/mol. The zero-order valence-electron chi connectivity index (χ0n) is 14.3. The molecule has 0 atom stereocenters. The van der Waals surface area contributed by atoms with Crippen molar-refractivity contribution in [2.45, 2.75) is 13.5 Å². The van der Waals surface area contributed by atoms with Gasteiger partial charge in [0.15, 0.2) is 0 Å². The lowest BCUT2D eigenvalue weighted by molar-refractivity contribution is -0.140. The average molecular weight is 347 g/mol. The van der Waals surface area contributed by atoms with Crippen molar-refractivity contribution in [2.75, 3.05) is 4.90 Å². The van der Waals surface area contributed by atoms with Crippen LogP contribution >= 0.6 is 0 Å². The number of para-hydroxylation sites is 1. The molecular weight excluding hydrogens is 330 g/mol. The number of carbonyl (C=O) groups is 3. The second-order valence-electron chi connectivity index (χ2n) is 5.89. The monoisotopic (exact) mass is 347 g/mol. The number of esters is 1. The van der Waals surface area contributed by atoms with Gasteiger partial charge in [0.1, 0.15) is 6.61 Å². The van der Waals surface area contributed by atoms with Gasteiger partial charge in [-0.15, -0.1) is 0 Å². The van der Waals surface area contributed by atoms with E-state index in [4.69, 9.17) is 4.74 Å². The van der Waals surface area contributed by atoms with Gasteiger partial charge in [0.25, 0.3) is 11.8 Å². The molecule has 2 amide bonds. The Labute approximate surface area is 151 Å². The van der Waals surface area contributed by atoms with Gasteiger partial charge in [-0.25, -0.2) is 9.69 Å². The molecule has 0 aromatic heterocycles. The van der Waals surface area contributed by atoms with Crippen LogP contribution in [0.2, 0.25) is 0 Å².